The van der Waals surface area contributed by atoms with E-state index in [1.165, 1.54) is 36.3 Å². The number of anilines is 1. The molecule has 4 amide bonds. The van der Waals surface area contributed by atoms with Crippen molar-refractivity contribution in [3.63, 3.8) is 0 Å². The van der Waals surface area contributed by atoms with Crippen LogP contribution in [0, 0.1) is 12.7 Å². The van der Waals surface area contributed by atoms with Gasteiger partial charge in [-0.3, -0.25) is 19.2 Å². The number of carbonyl (C=O) groups excluding carboxylic acids is 4. The fourth-order valence-corrected chi connectivity index (χ4v) is 3.46. The van der Waals surface area contributed by atoms with Crippen LogP contribution in [0.4, 0.5) is 10.1 Å². The Hall–Kier alpha value is -4.21. The molecule has 0 radical (unpaired) electrons. The zero-order valence-corrected chi connectivity index (χ0v) is 19.1. The number of benzene rings is 1. The highest BCUT2D eigenvalue weighted by Gasteiger charge is 2.25. The third-order valence-electron chi connectivity index (χ3n) is 5.67. The van der Waals surface area contributed by atoms with Gasteiger partial charge in [-0.1, -0.05) is 6.58 Å². The molecule has 2 heterocycles. The summed E-state index contributed by atoms with van der Waals surface area (Å²) in [6.07, 6.45) is 4.23. The number of nitrogens with zero attached hydrogens (tertiary/aromatic N) is 1. The van der Waals surface area contributed by atoms with Crippen LogP contribution in [-0.2, 0) is 14.4 Å². The van der Waals surface area contributed by atoms with Crippen molar-refractivity contribution in [2.24, 2.45) is 0 Å². The van der Waals surface area contributed by atoms with E-state index in [0.29, 0.717) is 33.6 Å². The lowest BCUT2D eigenvalue weighted by Gasteiger charge is -2.22. The number of H-pyrrole nitrogens is 1. The first-order valence-corrected chi connectivity index (χ1v) is 10.6. The van der Waals surface area contributed by atoms with Crippen molar-refractivity contribution in [3.8, 4) is 0 Å². The van der Waals surface area contributed by atoms with E-state index in [0.717, 1.165) is 6.08 Å². The highest BCUT2D eigenvalue weighted by Crippen LogP contribution is 2.34. The van der Waals surface area contributed by atoms with Crippen molar-refractivity contribution < 1.29 is 23.6 Å². The molecule has 1 aliphatic heterocycles. The molecule has 0 bridgehead atoms. The number of aromatic nitrogens is 1. The minimum absolute atomic E-state index is 0.173. The maximum Gasteiger partial charge on any atom is 0.256 e. The lowest BCUT2D eigenvalue weighted by molar-refractivity contribution is -0.135. The average molecular weight is 468 g/mol. The third-order valence-corrected chi connectivity index (χ3v) is 5.67. The Balaban J connectivity index is 1.60. The number of fused-ring (bicyclic) bond motifs is 1. The SMILES string of the molecule is C=CC(=O)N(C)C(C)C(=O)NCCNC(=O)c1c[nH]c(C=C2C(=O)Nc3ccc(F)cc32)c1C. The first-order valence-electron chi connectivity index (χ1n) is 10.6. The van der Waals surface area contributed by atoms with Crippen molar-refractivity contribution in [1.29, 1.82) is 0 Å². The van der Waals surface area contributed by atoms with Crippen LogP contribution in [0.1, 0.15) is 34.1 Å². The number of halogens is 1. The van der Waals surface area contributed by atoms with Gasteiger partial charge in [0, 0.05) is 43.3 Å². The molecule has 34 heavy (non-hydrogen) atoms. The van der Waals surface area contributed by atoms with Crippen LogP contribution < -0.4 is 16.0 Å². The van der Waals surface area contributed by atoms with Gasteiger partial charge >= 0.3 is 0 Å². The van der Waals surface area contributed by atoms with Gasteiger partial charge in [0.15, 0.2) is 0 Å². The van der Waals surface area contributed by atoms with Crippen molar-refractivity contribution in [2.45, 2.75) is 19.9 Å². The molecular formula is C24H26FN5O4. The minimum Gasteiger partial charge on any atom is -0.361 e. The van der Waals surface area contributed by atoms with Gasteiger partial charge < -0.3 is 25.8 Å². The molecule has 0 saturated carbocycles. The topological polar surface area (TPSA) is 123 Å². The Morgan fingerprint density at radius 2 is 1.94 bits per heavy atom. The predicted octanol–water partition coefficient (Wildman–Crippen LogP) is 1.83. The lowest BCUT2D eigenvalue weighted by Crippen LogP contribution is -2.47. The first-order chi connectivity index (χ1) is 16.1. The van der Waals surface area contributed by atoms with Crippen LogP contribution in [-0.4, -0.2) is 59.7 Å². The van der Waals surface area contributed by atoms with Crippen molar-refractivity contribution in [2.75, 3.05) is 25.5 Å². The van der Waals surface area contributed by atoms with Crippen molar-refractivity contribution in [3.05, 3.63) is 65.3 Å². The van der Waals surface area contributed by atoms with Gasteiger partial charge in [-0.2, -0.15) is 0 Å². The molecule has 4 N–H and O–H groups in total. The molecule has 0 saturated heterocycles. The van der Waals surface area contributed by atoms with Crippen LogP contribution in [0.25, 0.3) is 11.6 Å². The summed E-state index contributed by atoms with van der Waals surface area (Å²) in [6.45, 7) is 7.06. The number of hydrogen-bond donors (Lipinski definition) is 4. The van der Waals surface area contributed by atoms with Gasteiger partial charge in [0.05, 0.1) is 11.1 Å². The molecule has 3 rings (SSSR count). The summed E-state index contributed by atoms with van der Waals surface area (Å²) in [7, 11) is 1.50. The molecule has 1 aliphatic rings. The average Bonchev–Trinajstić information content (AvgIpc) is 3.34. The molecule has 1 aromatic carbocycles. The van der Waals surface area contributed by atoms with E-state index >= 15 is 0 Å². The van der Waals surface area contributed by atoms with Gasteiger partial charge in [0.25, 0.3) is 11.8 Å². The van der Waals surface area contributed by atoms with E-state index in [-0.39, 0.29) is 36.7 Å². The third kappa shape index (κ3) is 5.06. The van der Waals surface area contributed by atoms with Gasteiger partial charge in [-0.05, 0) is 49.8 Å². The maximum absolute atomic E-state index is 13.6. The normalized spacial score (nSPS) is 14.2. The van der Waals surface area contributed by atoms with Crippen molar-refractivity contribution in [1.82, 2.24) is 20.5 Å². The summed E-state index contributed by atoms with van der Waals surface area (Å²) in [5.74, 6) is -1.89. The Morgan fingerprint density at radius 1 is 1.24 bits per heavy atom. The summed E-state index contributed by atoms with van der Waals surface area (Å²) in [5, 5.41) is 8.06. The smallest absolute Gasteiger partial charge is 0.256 e. The summed E-state index contributed by atoms with van der Waals surface area (Å²) in [4.78, 5) is 52.9. The molecule has 0 aliphatic carbocycles. The maximum atomic E-state index is 13.6. The van der Waals surface area contributed by atoms with E-state index in [9.17, 15) is 23.6 Å². The van der Waals surface area contributed by atoms with Crippen LogP contribution >= 0.6 is 0 Å². The standard InChI is InChI=1S/C24H26FN5O4/c1-5-21(31)30(4)14(3)22(32)26-8-9-27-23(33)18-12-28-20(13(18)2)11-17-16-10-15(25)6-7-19(16)29-24(17)34/h5-7,10-12,14,28H,1,8-9H2,2-4H3,(H,26,32)(H,27,33)(H,29,34). The Bertz CT molecular complexity index is 1200. The number of likely N-dealkylation sites (N-methyl/N-ethyl adjacent to an activating group) is 1. The van der Waals surface area contributed by atoms with Crippen LogP contribution in [0.5, 0.6) is 0 Å². The first kappa shape index (κ1) is 24.4. The largest absolute Gasteiger partial charge is 0.361 e. The monoisotopic (exact) mass is 467 g/mol. The molecule has 0 spiro atoms. The molecule has 1 atom stereocenters. The predicted molar refractivity (Wildman–Crippen MR) is 126 cm³/mol. The van der Waals surface area contributed by atoms with Crippen molar-refractivity contribution >= 4 is 41.0 Å². The number of amides is 4. The fraction of sp³-hybridized carbons (Fsp3) is 0.250. The van der Waals surface area contributed by atoms with Gasteiger partial charge in [0.2, 0.25) is 11.8 Å². The van der Waals surface area contributed by atoms with Gasteiger partial charge in [0.1, 0.15) is 11.9 Å². The van der Waals surface area contributed by atoms with E-state index in [1.807, 2.05) is 0 Å². The highest BCUT2D eigenvalue weighted by atomic mass is 19.1. The zero-order chi connectivity index (χ0) is 25.0. The number of aromatic amines is 1. The molecule has 2 aromatic rings. The summed E-state index contributed by atoms with van der Waals surface area (Å²) in [6, 6.07) is 3.37. The Labute approximate surface area is 196 Å². The molecule has 10 heteroatoms. The molecule has 9 nitrogen and oxygen atoms in total. The second-order valence-electron chi connectivity index (χ2n) is 7.82. The molecule has 1 aromatic heterocycles. The Kier molecular flexibility index (Phi) is 7.30. The quantitative estimate of drug-likeness (QED) is 0.349. The Morgan fingerprint density at radius 3 is 2.65 bits per heavy atom. The molecule has 178 valence electrons. The molecular weight excluding hydrogens is 441 g/mol. The number of rotatable bonds is 8. The zero-order valence-electron chi connectivity index (χ0n) is 19.1. The molecule has 0 fully saturated rings. The fourth-order valence-electron chi connectivity index (χ4n) is 3.46. The highest BCUT2D eigenvalue weighted by molar-refractivity contribution is 6.34. The minimum atomic E-state index is -0.685. The number of nitrogens with one attached hydrogen (secondary N) is 4. The summed E-state index contributed by atoms with van der Waals surface area (Å²) < 4.78 is 13.6. The van der Waals surface area contributed by atoms with Crippen LogP contribution in [0.15, 0.2) is 37.1 Å². The van der Waals surface area contributed by atoms with Gasteiger partial charge in [-0.25, -0.2) is 4.39 Å². The van der Waals surface area contributed by atoms with E-state index in [1.54, 1.807) is 19.9 Å². The molecule has 1 unspecified atom stereocenters. The number of carbonyl (C=O) groups is 4. The second-order valence-corrected chi connectivity index (χ2v) is 7.82. The summed E-state index contributed by atoms with van der Waals surface area (Å²) in [5.41, 5.74) is 2.81. The number of hydrogen-bond acceptors (Lipinski definition) is 4. The van der Waals surface area contributed by atoms with Crippen LogP contribution in [0.3, 0.4) is 0 Å². The van der Waals surface area contributed by atoms with E-state index < -0.39 is 11.9 Å². The second kappa shape index (κ2) is 10.2. The van der Waals surface area contributed by atoms with Gasteiger partial charge in [-0.15, -0.1) is 0 Å². The van der Waals surface area contributed by atoms with E-state index in [4.69, 9.17) is 0 Å². The lowest BCUT2D eigenvalue weighted by atomic mass is 10.0. The van der Waals surface area contributed by atoms with Crippen LogP contribution in [0.2, 0.25) is 0 Å². The summed E-state index contributed by atoms with van der Waals surface area (Å²) >= 11 is 0. The van der Waals surface area contributed by atoms with E-state index in [2.05, 4.69) is 27.5 Å².